The smallest absolute Gasteiger partial charge is 0.232 e. The zero-order chi connectivity index (χ0) is 17.6. The first-order valence-corrected chi connectivity index (χ1v) is 8.99. The van der Waals surface area contributed by atoms with Crippen LogP contribution in [0.2, 0.25) is 0 Å². The summed E-state index contributed by atoms with van der Waals surface area (Å²) in [5.41, 5.74) is 1.65. The number of benzene rings is 3. The number of hydrogen-bond acceptors (Lipinski definition) is 3. The second-order valence-electron chi connectivity index (χ2n) is 5.86. The molecular formula is C21H18N2OS. The van der Waals surface area contributed by atoms with E-state index in [-0.39, 0.29) is 5.91 Å². The fourth-order valence-corrected chi connectivity index (χ4v) is 3.44. The molecule has 0 saturated carbocycles. The van der Waals surface area contributed by atoms with Gasteiger partial charge in [0.15, 0.2) is 0 Å². The minimum Gasteiger partial charge on any atom is -0.341 e. The highest BCUT2D eigenvalue weighted by atomic mass is 32.2. The zero-order valence-electron chi connectivity index (χ0n) is 14.0. The van der Waals surface area contributed by atoms with Crippen molar-refractivity contribution in [2.45, 2.75) is 11.4 Å². The lowest BCUT2D eigenvalue weighted by atomic mass is 10.1. The summed E-state index contributed by atoms with van der Waals surface area (Å²) in [6.45, 7) is 0.544. The average molecular weight is 346 g/mol. The van der Waals surface area contributed by atoms with Gasteiger partial charge < -0.3 is 4.90 Å². The Balaban J connectivity index is 1.57. The molecule has 3 aromatic rings. The Kier molecular flexibility index (Phi) is 5.37. The number of hydrogen-bond donors (Lipinski definition) is 0. The molecule has 4 heteroatoms. The summed E-state index contributed by atoms with van der Waals surface area (Å²) in [6.07, 6.45) is 0. The molecule has 0 aromatic heterocycles. The van der Waals surface area contributed by atoms with Crippen LogP contribution in [0.4, 0.5) is 0 Å². The van der Waals surface area contributed by atoms with E-state index in [0.29, 0.717) is 17.9 Å². The third-order valence-corrected chi connectivity index (χ3v) is 4.99. The Hall–Kier alpha value is -2.77. The van der Waals surface area contributed by atoms with Crippen molar-refractivity contribution in [3.05, 3.63) is 77.9 Å². The van der Waals surface area contributed by atoms with Crippen LogP contribution in [0, 0.1) is 11.3 Å². The first-order valence-electron chi connectivity index (χ1n) is 8.00. The fraction of sp³-hybridized carbons (Fsp3) is 0.143. The number of amides is 1. The number of carbonyl (C=O) groups is 1. The third kappa shape index (κ3) is 4.40. The maximum atomic E-state index is 12.4. The summed E-state index contributed by atoms with van der Waals surface area (Å²) in [4.78, 5) is 15.2. The molecule has 0 saturated heterocycles. The van der Waals surface area contributed by atoms with Crippen LogP contribution in [0.3, 0.4) is 0 Å². The van der Waals surface area contributed by atoms with Crippen molar-refractivity contribution in [2.75, 3.05) is 12.8 Å². The van der Waals surface area contributed by atoms with Crippen molar-refractivity contribution >= 4 is 28.4 Å². The Morgan fingerprint density at radius 2 is 1.76 bits per heavy atom. The molecule has 3 aromatic carbocycles. The van der Waals surface area contributed by atoms with E-state index in [1.54, 1.807) is 28.8 Å². The van der Waals surface area contributed by atoms with E-state index in [1.165, 1.54) is 10.8 Å². The van der Waals surface area contributed by atoms with Gasteiger partial charge in [0, 0.05) is 18.5 Å². The highest BCUT2D eigenvalue weighted by Crippen LogP contribution is 2.24. The van der Waals surface area contributed by atoms with Crippen LogP contribution in [-0.4, -0.2) is 23.6 Å². The largest absolute Gasteiger partial charge is 0.341 e. The van der Waals surface area contributed by atoms with E-state index in [1.807, 2.05) is 31.3 Å². The van der Waals surface area contributed by atoms with Gasteiger partial charge in [0.1, 0.15) is 0 Å². The van der Waals surface area contributed by atoms with Gasteiger partial charge in [0.2, 0.25) is 5.91 Å². The molecule has 0 heterocycles. The normalized spacial score (nSPS) is 10.4. The molecule has 0 aliphatic heterocycles. The van der Waals surface area contributed by atoms with E-state index in [0.717, 1.165) is 10.5 Å². The molecule has 3 nitrogen and oxygen atoms in total. The zero-order valence-corrected chi connectivity index (χ0v) is 14.8. The molecule has 0 aliphatic rings. The summed E-state index contributed by atoms with van der Waals surface area (Å²) in [5, 5.41) is 11.2. The molecule has 0 bridgehead atoms. The van der Waals surface area contributed by atoms with E-state index < -0.39 is 0 Å². The van der Waals surface area contributed by atoms with Crippen molar-refractivity contribution in [1.82, 2.24) is 4.90 Å². The molecule has 0 aliphatic carbocycles. The average Bonchev–Trinajstić information content (AvgIpc) is 2.66. The fourth-order valence-electron chi connectivity index (χ4n) is 2.56. The summed E-state index contributed by atoms with van der Waals surface area (Å²) in [5.74, 6) is 0.494. The predicted octanol–water partition coefficient (Wildman–Crippen LogP) is 4.46. The first kappa shape index (κ1) is 17.1. The Morgan fingerprint density at radius 1 is 1.04 bits per heavy atom. The van der Waals surface area contributed by atoms with Gasteiger partial charge in [-0.25, -0.2) is 0 Å². The standard InChI is InChI=1S/C21H18N2OS/c1-23(14-17-8-6-16(13-22)7-9-17)21(24)15-25-20-11-10-18-4-2-3-5-19(18)12-20/h2-12H,14-15H2,1H3. The van der Waals surface area contributed by atoms with E-state index in [4.69, 9.17) is 5.26 Å². The summed E-state index contributed by atoms with van der Waals surface area (Å²) in [7, 11) is 1.81. The first-order chi connectivity index (χ1) is 12.2. The maximum absolute atomic E-state index is 12.4. The van der Waals surface area contributed by atoms with Crippen molar-refractivity contribution in [1.29, 1.82) is 5.26 Å². The van der Waals surface area contributed by atoms with Gasteiger partial charge in [0.25, 0.3) is 0 Å². The molecule has 0 N–H and O–H groups in total. The van der Waals surface area contributed by atoms with Crippen molar-refractivity contribution in [2.24, 2.45) is 0 Å². The number of nitriles is 1. The van der Waals surface area contributed by atoms with Gasteiger partial charge in [-0.2, -0.15) is 5.26 Å². The summed E-state index contributed by atoms with van der Waals surface area (Å²) in [6, 6.07) is 23.9. The van der Waals surface area contributed by atoms with E-state index in [2.05, 4.69) is 36.4 Å². The molecule has 0 atom stereocenters. The minimum absolute atomic E-state index is 0.0857. The van der Waals surface area contributed by atoms with Gasteiger partial charge in [-0.15, -0.1) is 11.8 Å². The van der Waals surface area contributed by atoms with Gasteiger partial charge in [-0.05, 0) is 40.6 Å². The molecule has 25 heavy (non-hydrogen) atoms. The molecule has 124 valence electrons. The lowest BCUT2D eigenvalue weighted by Gasteiger charge is -2.17. The highest BCUT2D eigenvalue weighted by molar-refractivity contribution is 8.00. The monoisotopic (exact) mass is 346 g/mol. The number of rotatable bonds is 5. The molecule has 0 unspecified atom stereocenters. The van der Waals surface area contributed by atoms with Crippen LogP contribution in [0.25, 0.3) is 10.8 Å². The van der Waals surface area contributed by atoms with Crippen LogP contribution in [-0.2, 0) is 11.3 Å². The van der Waals surface area contributed by atoms with Crippen molar-refractivity contribution < 1.29 is 4.79 Å². The Bertz CT molecular complexity index is 929. The predicted molar refractivity (Wildman–Crippen MR) is 102 cm³/mol. The molecule has 3 rings (SSSR count). The van der Waals surface area contributed by atoms with Crippen molar-refractivity contribution in [3.8, 4) is 6.07 Å². The lowest BCUT2D eigenvalue weighted by Crippen LogP contribution is -2.27. The van der Waals surface area contributed by atoms with Gasteiger partial charge >= 0.3 is 0 Å². The SMILES string of the molecule is CN(Cc1ccc(C#N)cc1)C(=O)CSc1ccc2ccccc2c1. The second kappa shape index (κ2) is 7.87. The lowest BCUT2D eigenvalue weighted by molar-refractivity contribution is -0.127. The van der Waals surface area contributed by atoms with Gasteiger partial charge in [0.05, 0.1) is 17.4 Å². The summed E-state index contributed by atoms with van der Waals surface area (Å²) >= 11 is 1.55. The molecule has 0 spiro atoms. The van der Waals surface area contributed by atoms with E-state index in [9.17, 15) is 4.79 Å². The third-order valence-electron chi connectivity index (χ3n) is 4.01. The van der Waals surface area contributed by atoms with E-state index >= 15 is 0 Å². The number of thioether (sulfide) groups is 1. The minimum atomic E-state index is 0.0857. The Labute approximate surface area is 151 Å². The van der Waals surface area contributed by atoms with Crippen molar-refractivity contribution in [3.63, 3.8) is 0 Å². The van der Waals surface area contributed by atoms with Crippen LogP contribution in [0.1, 0.15) is 11.1 Å². The molecule has 0 fully saturated rings. The quantitative estimate of drug-likeness (QED) is 0.641. The molecular weight excluding hydrogens is 328 g/mol. The van der Waals surface area contributed by atoms with Crippen LogP contribution < -0.4 is 0 Å². The number of carbonyl (C=O) groups excluding carboxylic acids is 1. The Morgan fingerprint density at radius 3 is 2.48 bits per heavy atom. The topological polar surface area (TPSA) is 44.1 Å². The second-order valence-corrected chi connectivity index (χ2v) is 6.90. The van der Waals surface area contributed by atoms with Crippen LogP contribution >= 0.6 is 11.8 Å². The van der Waals surface area contributed by atoms with Gasteiger partial charge in [-0.3, -0.25) is 4.79 Å². The molecule has 1 amide bonds. The maximum Gasteiger partial charge on any atom is 0.232 e. The summed E-state index contributed by atoms with van der Waals surface area (Å²) < 4.78 is 0. The van der Waals surface area contributed by atoms with Gasteiger partial charge in [-0.1, -0.05) is 42.5 Å². The number of nitrogens with zero attached hydrogens (tertiary/aromatic N) is 2. The number of fused-ring (bicyclic) bond motifs is 1. The van der Waals surface area contributed by atoms with Crippen LogP contribution in [0.15, 0.2) is 71.6 Å². The molecule has 0 radical (unpaired) electrons. The van der Waals surface area contributed by atoms with Crippen LogP contribution in [0.5, 0.6) is 0 Å². The highest BCUT2D eigenvalue weighted by Gasteiger charge is 2.10.